The summed E-state index contributed by atoms with van der Waals surface area (Å²) >= 11 is 9.22. The Hall–Kier alpha value is -0.580. The smallest absolute Gasteiger partial charge is 0.238 e. The Labute approximate surface area is 120 Å². The number of halogens is 2. The van der Waals surface area contributed by atoms with Crippen molar-refractivity contribution in [2.45, 2.75) is 31.7 Å². The average Bonchev–Trinajstić information content (AvgIpc) is 2.83. The predicted molar refractivity (Wildman–Crippen MR) is 78.0 cm³/mol. The Morgan fingerprint density at radius 2 is 2.11 bits per heavy atom. The van der Waals surface area contributed by atoms with E-state index in [0.717, 1.165) is 10.2 Å². The molecule has 1 aliphatic carbocycles. The van der Waals surface area contributed by atoms with Gasteiger partial charge in [0.15, 0.2) is 0 Å². The molecule has 0 bridgehead atoms. The Bertz CT molecular complexity index is 433. The van der Waals surface area contributed by atoms with Crippen LogP contribution in [0.25, 0.3) is 0 Å². The highest BCUT2D eigenvalue weighted by atomic mass is 79.9. The van der Waals surface area contributed by atoms with Crippen molar-refractivity contribution in [3.63, 3.8) is 0 Å². The first-order chi connectivity index (χ1) is 8.65. The molecule has 18 heavy (non-hydrogen) atoms. The van der Waals surface area contributed by atoms with Crippen LogP contribution in [0.4, 0.5) is 5.69 Å². The van der Waals surface area contributed by atoms with E-state index < -0.39 is 0 Å². The molecule has 1 aromatic rings. The fourth-order valence-electron chi connectivity index (χ4n) is 2.15. The summed E-state index contributed by atoms with van der Waals surface area (Å²) in [6, 6.07) is 5.82. The van der Waals surface area contributed by atoms with Crippen molar-refractivity contribution in [1.29, 1.82) is 0 Å². The minimum Gasteiger partial charge on any atom is -0.324 e. The number of carbonyl (C=O) groups excluding carboxylic acids is 1. The highest BCUT2D eigenvalue weighted by Gasteiger charge is 2.15. The Morgan fingerprint density at radius 3 is 2.78 bits per heavy atom. The molecule has 0 unspecified atom stereocenters. The van der Waals surface area contributed by atoms with Crippen molar-refractivity contribution < 1.29 is 4.79 Å². The number of carbonyl (C=O) groups is 1. The second-order valence-corrected chi connectivity index (χ2v) is 5.83. The molecule has 1 fully saturated rings. The van der Waals surface area contributed by atoms with Crippen LogP contribution in [0.5, 0.6) is 0 Å². The molecule has 0 heterocycles. The minimum atomic E-state index is -0.0232. The first-order valence-electron chi connectivity index (χ1n) is 6.13. The van der Waals surface area contributed by atoms with Gasteiger partial charge in [-0.1, -0.05) is 24.4 Å². The van der Waals surface area contributed by atoms with E-state index in [9.17, 15) is 4.79 Å². The van der Waals surface area contributed by atoms with E-state index in [4.69, 9.17) is 11.6 Å². The molecule has 1 amide bonds. The highest BCUT2D eigenvalue weighted by Crippen LogP contribution is 2.25. The summed E-state index contributed by atoms with van der Waals surface area (Å²) in [6.07, 6.45) is 4.89. The second-order valence-electron chi connectivity index (χ2n) is 4.53. The molecular weight excluding hydrogens is 316 g/mol. The molecular formula is C13H16BrClN2O. The Morgan fingerprint density at radius 1 is 1.39 bits per heavy atom. The standard InChI is InChI=1S/C13H16BrClN2O/c14-11-7-9(15)5-6-12(11)17-13(18)8-16-10-3-1-2-4-10/h5-7,10,16H,1-4,8H2,(H,17,18). The largest absolute Gasteiger partial charge is 0.324 e. The Kier molecular flexibility index (Phi) is 5.03. The number of hydrogen-bond donors (Lipinski definition) is 2. The number of benzene rings is 1. The zero-order chi connectivity index (χ0) is 13.0. The molecule has 3 nitrogen and oxygen atoms in total. The van der Waals surface area contributed by atoms with Crippen molar-refractivity contribution >= 4 is 39.1 Å². The van der Waals surface area contributed by atoms with E-state index in [2.05, 4.69) is 26.6 Å². The van der Waals surface area contributed by atoms with E-state index in [-0.39, 0.29) is 5.91 Å². The van der Waals surface area contributed by atoms with Crippen LogP contribution in [0, 0.1) is 0 Å². The third kappa shape index (κ3) is 3.97. The van der Waals surface area contributed by atoms with Crippen LogP contribution in [-0.4, -0.2) is 18.5 Å². The molecule has 98 valence electrons. The molecule has 2 N–H and O–H groups in total. The normalized spacial score (nSPS) is 15.9. The molecule has 0 radical (unpaired) electrons. The lowest BCUT2D eigenvalue weighted by molar-refractivity contribution is -0.115. The van der Waals surface area contributed by atoms with Crippen LogP contribution < -0.4 is 10.6 Å². The second kappa shape index (κ2) is 6.55. The molecule has 0 atom stereocenters. The van der Waals surface area contributed by atoms with Gasteiger partial charge in [0, 0.05) is 15.5 Å². The SMILES string of the molecule is O=C(CNC1CCCC1)Nc1ccc(Cl)cc1Br. The molecule has 0 saturated heterocycles. The fraction of sp³-hybridized carbons (Fsp3) is 0.462. The van der Waals surface area contributed by atoms with Crippen LogP contribution in [-0.2, 0) is 4.79 Å². The quantitative estimate of drug-likeness (QED) is 0.885. The van der Waals surface area contributed by atoms with Crippen LogP contribution in [0.2, 0.25) is 5.02 Å². The Balaban J connectivity index is 1.82. The van der Waals surface area contributed by atoms with Gasteiger partial charge in [-0.25, -0.2) is 0 Å². The summed E-state index contributed by atoms with van der Waals surface area (Å²) in [5.74, 6) is -0.0232. The molecule has 2 rings (SSSR count). The lowest BCUT2D eigenvalue weighted by Gasteiger charge is -2.12. The molecule has 1 saturated carbocycles. The summed E-state index contributed by atoms with van der Waals surface area (Å²) in [4.78, 5) is 11.8. The number of amides is 1. The van der Waals surface area contributed by atoms with Crippen LogP contribution in [0.15, 0.2) is 22.7 Å². The predicted octanol–water partition coefficient (Wildman–Crippen LogP) is 3.57. The van der Waals surface area contributed by atoms with Crippen molar-refractivity contribution in [1.82, 2.24) is 5.32 Å². The van der Waals surface area contributed by atoms with Gasteiger partial charge in [-0.05, 0) is 47.0 Å². The third-order valence-corrected chi connectivity index (χ3v) is 4.00. The topological polar surface area (TPSA) is 41.1 Å². The number of hydrogen-bond acceptors (Lipinski definition) is 2. The first kappa shape index (κ1) is 13.8. The van der Waals surface area contributed by atoms with Crippen molar-refractivity contribution in [2.24, 2.45) is 0 Å². The number of rotatable bonds is 4. The lowest BCUT2D eigenvalue weighted by atomic mass is 10.2. The summed E-state index contributed by atoms with van der Waals surface area (Å²) in [6.45, 7) is 0.361. The summed E-state index contributed by atoms with van der Waals surface area (Å²) in [5.41, 5.74) is 0.748. The first-order valence-corrected chi connectivity index (χ1v) is 7.30. The zero-order valence-corrected chi connectivity index (χ0v) is 12.4. The zero-order valence-electron chi connectivity index (χ0n) is 10.0. The van der Waals surface area contributed by atoms with Crippen molar-refractivity contribution in [2.75, 3.05) is 11.9 Å². The van der Waals surface area contributed by atoms with Crippen molar-refractivity contribution in [3.05, 3.63) is 27.7 Å². The van der Waals surface area contributed by atoms with Gasteiger partial charge in [-0.2, -0.15) is 0 Å². The van der Waals surface area contributed by atoms with Crippen LogP contribution in [0.1, 0.15) is 25.7 Å². The van der Waals surface area contributed by atoms with E-state index in [1.165, 1.54) is 25.7 Å². The summed E-state index contributed by atoms with van der Waals surface area (Å²) in [5, 5.41) is 6.78. The average molecular weight is 332 g/mol. The van der Waals surface area contributed by atoms with Gasteiger partial charge in [-0.15, -0.1) is 0 Å². The van der Waals surface area contributed by atoms with E-state index in [1.807, 2.05) is 0 Å². The van der Waals surface area contributed by atoms with Gasteiger partial charge < -0.3 is 10.6 Å². The monoisotopic (exact) mass is 330 g/mol. The minimum absolute atomic E-state index is 0.0232. The number of nitrogens with one attached hydrogen (secondary N) is 2. The van der Waals surface area contributed by atoms with Gasteiger partial charge in [0.1, 0.15) is 0 Å². The molecule has 0 aliphatic heterocycles. The fourth-order valence-corrected chi connectivity index (χ4v) is 2.93. The van der Waals surface area contributed by atoms with E-state index in [0.29, 0.717) is 17.6 Å². The maximum absolute atomic E-state index is 11.8. The lowest BCUT2D eigenvalue weighted by Crippen LogP contribution is -2.34. The summed E-state index contributed by atoms with van der Waals surface area (Å²) < 4.78 is 0.796. The van der Waals surface area contributed by atoms with Crippen molar-refractivity contribution in [3.8, 4) is 0 Å². The van der Waals surface area contributed by atoms with Crippen LogP contribution in [0.3, 0.4) is 0 Å². The third-order valence-electron chi connectivity index (χ3n) is 3.11. The van der Waals surface area contributed by atoms with Gasteiger partial charge in [-0.3, -0.25) is 4.79 Å². The highest BCUT2D eigenvalue weighted by molar-refractivity contribution is 9.10. The van der Waals surface area contributed by atoms with Gasteiger partial charge in [0.25, 0.3) is 0 Å². The van der Waals surface area contributed by atoms with Gasteiger partial charge in [0.05, 0.1) is 12.2 Å². The van der Waals surface area contributed by atoms with Crippen LogP contribution >= 0.6 is 27.5 Å². The summed E-state index contributed by atoms with van der Waals surface area (Å²) in [7, 11) is 0. The number of anilines is 1. The molecule has 1 aromatic carbocycles. The molecule has 0 spiro atoms. The van der Waals surface area contributed by atoms with E-state index >= 15 is 0 Å². The molecule has 0 aromatic heterocycles. The maximum Gasteiger partial charge on any atom is 0.238 e. The molecule has 5 heteroatoms. The van der Waals surface area contributed by atoms with E-state index in [1.54, 1.807) is 18.2 Å². The maximum atomic E-state index is 11.8. The molecule has 1 aliphatic rings. The van der Waals surface area contributed by atoms with Gasteiger partial charge in [0.2, 0.25) is 5.91 Å². The van der Waals surface area contributed by atoms with Gasteiger partial charge >= 0.3 is 0 Å².